The molecule has 0 bridgehead atoms. The van der Waals surface area contributed by atoms with E-state index in [2.05, 4.69) is 10.3 Å². The summed E-state index contributed by atoms with van der Waals surface area (Å²) in [6, 6.07) is 3.70. The van der Waals surface area contributed by atoms with Crippen LogP contribution in [0.2, 0.25) is 0 Å². The number of nitrogens with zero attached hydrogens (tertiary/aromatic N) is 2. The third-order valence-electron chi connectivity index (χ3n) is 3.84. The lowest BCUT2D eigenvalue weighted by atomic mass is 9.97. The summed E-state index contributed by atoms with van der Waals surface area (Å²) in [6.45, 7) is 7.71. The first-order valence-electron chi connectivity index (χ1n) is 7.14. The van der Waals surface area contributed by atoms with Crippen LogP contribution in [0.3, 0.4) is 0 Å². The van der Waals surface area contributed by atoms with Crippen LogP contribution in [0, 0.1) is 12.8 Å². The molecule has 0 aromatic carbocycles. The molecular formula is C15H23N3O. The number of pyridine rings is 1. The Labute approximate surface area is 115 Å². The lowest BCUT2D eigenvalue weighted by Gasteiger charge is -2.29. The molecule has 1 N–H and O–H groups in total. The molecule has 1 saturated heterocycles. The molecule has 2 heterocycles. The van der Waals surface area contributed by atoms with Crippen molar-refractivity contribution in [2.24, 2.45) is 5.92 Å². The van der Waals surface area contributed by atoms with Gasteiger partial charge >= 0.3 is 0 Å². The number of rotatable bonds is 4. The van der Waals surface area contributed by atoms with Gasteiger partial charge in [-0.15, -0.1) is 0 Å². The SMILES string of the molecule is CCN(CC1CCNCC1)C(=O)c1cccnc1C. The number of carbonyl (C=O) groups is 1. The maximum absolute atomic E-state index is 12.5. The highest BCUT2D eigenvalue weighted by molar-refractivity contribution is 5.95. The quantitative estimate of drug-likeness (QED) is 0.899. The first-order valence-corrected chi connectivity index (χ1v) is 7.14. The summed E-state index contributed by atoms with van der Waals surface area (Å²) in [5, 5.41) is 3.36. The van der Waals surface area contributed by atoms with Crippen molar-refractivity contribution in [3.05, 3.63) is 29.6 Å². The highest BCUT2D eigenvalue weighted by Gasteiger charge is 2.21. The van der Waals surface area contributed by atoms with Crippen molar-refractivity contribution in [2.75, 3.05) is 26.2 Å². The molecule has 0 radical (unpaired) electrons. The van der Waals surface area contributed by atoms with E-state index < -0.39 is 0 Å². The Morgan fingerprint density at radius 3 is 2.84 bits per heavy atom. The summed E-state index contributed by atoms with van der Waals surface area (Å²) < 4.78 is 0. The topological polar surface area (TPSA) is 45.2 Å². The molecule has 1 fully saturated rings. The molecule has 1 amide bonds. The third-order valence-corrected chi connectivity index (χ3v) is 3.84. The van der Waals surface area contributed by atoms with Crippen LogP contribution in [0.1, 0.15) is 35.8 Å². The van der Waals surface area contributed by atoms with E-state index in [1.54, 1.807) is 6.20 Å². The minimum Gasteiger partial charge on any atom is -0.339 e. The molecule has 4 heteroatoms. The van der Waals surface area contributed by atoms with Gasteiger partial charge in [-0.2, -0.15) is 0 Å². The molecule has 1 aliphatic heterocycles. The van der Waals surface area contributed by atoms with Gasteiger partial charge in [-0.25, -0.2) is 0 Å². The molecule has 0 atom stereocenters. The summed E-state index contributed by atoms with van der Waals surface area (Å²) >= 11 is 0. The van der Waals surface area contributed by atoms with Gasteiger partial charge in [0, 0.05) is 25.0 Å². The van der Waals surface area contributed by atoms with Crippen molar-refractivity contribution in [1.82, 2.24) is 15.2 Å². The van der Waals surface area contributed by atoms with E-state index in [4.69, 9.17) is 0 Å². The zero-order valence-corrected chi connectivity index (χ0v) is 11.9. The smallest absolute Gasteiger partial charge is 0.255 e. The van der Waals surface area contributed by atoms with Crippen LogP contribution in [0.25, 0.3) is 0 Å². The number of aromatic nitrogens is 1. The minimum absolute atomic E-state index is 0.117. The van der Waals surface area contributed by atoms with Gasteiger partial charge in [-0.05, 0) is 57.8 Å². The fraction of sp³-hybridized carbons (Fsp3) is 0.600. The van der Waals surface area contributed by atoms with Crippen molar-refractivity contribution < 1.29 is 4.79 Å². The second-order valence-electron chi connectivity index (χ2n) is 5.17. The molecule has 2 rings (SSSR count). The predicted molar refractivity (Wildman–Crippen MR) is 76.1 cm³/mol. The van der Waals surface area contributed by atoms with Gasteiger partial charge in [0.05, 0.1) is 5.56 Å². The van der Waals surface area contributed by atoms with Gasteiger partial charge in [0.25, 0.3) is 5.91 Å². The Hall–Kier alpha value is -1.42. The Morgan fingerprint density at radius 1 is 1.47 bits per heavy atom. The van der Waals surface area contributed by atoms with Crippen LogP contribution in [-0.2, 0) is 0 Å². The number of piperidine rings is 1. The highest BCUT2D eigenvalue weighted by atomic mass is 16.2. The zero-order chi connectivity index (χ0) is 13.7. The van der Waals surface area contributed by atoms with E-state index >= 15 is 0 Å². The molecule has 0 aliphatic carbocycles. The van der Waals surface area contributed by atoms with E-state index in [0.29, 0.717) is 5.92 Å². The maximum atomic E-state index is 12.5. The van der Waals surface area contributed by atoms with Gasteiger partial charge < -0.3 is 10.2 Å². The number of hydrogen-bond donors (Lipinski definition) is 1. The lowest BCUT2D eigenvalue weighted by Crippen LogP contribution is -2.39. The van der Waals surface area contributed by atoms with E-state index in [-0.39, 0.29) is 5.91 Å². The second-order valence-corrected chi connectivity index (χ2v) is 5.17. The zero-order valence-electron chi connectivity index (χ0n) is 11.9. The summed E-state index contributed by atoms with van der Waals surface area (Å²) in [5.74, 6) is 0.744. The number of amides is 1. The Morgan fingerprint density at radius 2 is 2.21 bits per heavy atom. The van der Waals surface area contributed by atoms with Crippen molar-refractivity contribution in [1.29, 1.82) is 0 Å². The number of aryl methyl sites for hydroxylation is 1. The molecular weight excluding hydrogens is 238 g/mol. The molecule has 4 nitrogen and oxygen atoms in total. The van der Waals surface area contributed by atoms with Crippen LogP contribution in [0.4, 0.5) is 0 Å². The first-order chi connectivity index (χ1) is 9.22. The Balaban J connectivity index is 2.04. The van der Waals surface area contributed by atoms with Crippen molar-refractivity contribution >= 4 is 5.91 Å². The minimum atomic E-state index is 0.117. The molecule has 104 valence electrons. The molecule has 0 saturated carbocycles. The summed E-state index contributed by atoms with van der Waals surface area (Å²) in [7, 11) is 0. The summed E-state index contributed by atoms with van der Waals surface area (Å²) in [4.78, 5) is 18.7. The number of nitrogens with one attached hydrogen (secondary N) is 1. The van der Waals surface area contributed by atoms with Crippen molar-refractivity contribution in [3.63, 3.8) is 0 Å². The van der Waals surface area contributed by atoms with Gasteiger partial charge in [0.1, 0.15) is 0 Å². The average molecular weight is 261 g/mol. The van der Waals surface area contributed by atoms with E-state index in [9.17, 15) is 4.79 Å². The molecule has 19 heavy (non-hydrogen) atoms. The third kappa shape index (κ3) is 3.53. The van der Waals surface area contributed by atoms with Crippen molar-refractivity contribution in [3.8, 4) is 0 Å². The van der Waals surface area contributed by atoms with Crippen LogP contribution < -0.4 is 5.32 Å². The van der Waals surface area contributed by atoms with E-state index in [1.165, 1.54) is 0 Å². The fourth-order valence-corrected chi connectivity index (χ4v) is 2.61. The summed E-state index contributed by atoms with van der Waals surface area (Å²) in [6.07, 6.45) is 4.06. The van der Waals surface area contributed by atoms with Gasteiger partial charge in [0.2, 0.25) is 0 Å². The second kappa shape index (κ2) is 6.66. The normalized spacial score (nSPS) is 16.3. The first kappa shape index (κ1) is 14.0. The maximum Gasteiger partial charge on any atom is 0.255 e. The predicted octanol–water partition coefficient (Wildman–Crippen LogP) is 1.85. The van der Waals surface area contributed by atoms with Crippen molar-refractivity contribution in [2.45, 2.75) is 26.7 Å². The average Bonchev–Trinajstić information content (AvgIpc) is 2.46. The van der Waals surface area contributed by atoms with Crippen LogP contribution in [-0.4, -0.2) is 42.0 Å². The Kier molecular flexibility index (Phi) is 4.91. The van der Waals surface area contributed by atoms with Gasteiger partial charge in [0.15, 0.2) is 0 Å². The molecule has 0 unspecified atom stereocenters. The molecule has 1 aliphatic rings. The van der Waals surface area contributed by atoms with Gasteiger partial charge in [-0.3, -0.25) is 9.78 Å². The number of carbonyl (C=O) groups excluding carboxylic acids is 1. The van der Waals surface area contributed by atoms with Gasteiger partial charge in [-0.1, -0.05) is 0 Å². The molecule has 1 aromatic rings. The number of hydrogen-bond acceptors (Lipinski definition) is 3. The lowest BCUT2D eigenvalue weighted by molar-refractivity contribution is 0.0725. The van der Waals surface area contributed by atoms with E-state index in [1.807, 2.05) is 30.9 Å². The molecule has 1 aromatic heterocycles. The standard InChI is InChI=1S/C15H23N3O/c1-3-18(11-13-6-9-16-10-7-13)15(19)14-5-4-8-17-12(14)2/h4-5,8,13,16H,3,6-7,9-11H2,1-2H3. The largest absolute Gasteiger partial charge is 0.339 e. The molecule has 0 spiro atoms. The Bertz CT molecular complexity index is 427. The summed E-state index contributed by atoms with van der Waals surface area (Å²) in [5.41, 5.74) is 1.55. The fourth-order valence-electron chi connectivity index (χ4n) is 2.61. The van der Waals surface area contributed by atoms with Crippen LogP contribution in [0.15, 0.2) is 18.3 Å². The van der Waals surface area contributed by atoms with Crippen LogP contribution in [0.5, 0.6) is 0 Å². The van der Waals surface area contributed by atoms with Crippen LogP contribution >= 0.6 is 0 Å². The highest BCUT2D eigenvalue weighted by Crippen LogP contribution is 2.16. The monoisotopic (exact) mass is 261 g/mol. The van der Waals surface area contributed by atoms with E-state index in [0.717, 1.165) is 50.3 Å².